The zero-order valence-corrected chi connectivity index (χ0v) is 17.2. The van der Waals surface area contributed by atoms with E-state index in [0.29, 0.717) is 5.56 Å². The number of rotatable bonds is 6. The summed E-state index contributed by atoms with van der Waals surface area (Å²) < 4.78 is 74.6. The molecule has 12 heteroatoms. The van der Waals surface area contributed by atoms with Gasteiger partial charge in [-0.2, -0.15) is 5.26 Å². The largest absolute Gasteiger partial charge is 0.385 e. The number of hydrogen-bond acceptors (Lipinski definition) is 6. The highest BCUT2D eigenvalue weighted by atomic mass is 19.3. The van der Waals surface area contributed by atoms with Gasteiger partial charge in [-0.3, -0.25) is 4.79 Å². The van der Waals surface area contributed by atoms with Crippen molar-refractivity contribution >= 4 is 17.4 Å². The first-order valence-corrected chi connectivity index (χ1v) is 9.50. The fourth-order valence-corrected chi connectivity index (χ4v) is 3.29. The van der Waals surface area contributed by atoms with Crippen LogP contribution in [0.5, 0.6) is 0 Å². The lowest BCUT2D eigenvalue weighted by atomic mass is 9.88. The van der Waals surface area contributed by atoms with E-state index < -0.39 is 60.6 Å². The minimum atomic E-state index is -3.36. The van der Waals surface area contributed by atoms with Crippen LogP contribution in [0.2, 0.25) is 0 Å². The number of amides is 1. The van der Waals surface area contributed by atoms with Crippen LogP contribution in [-0.2, 0) is 10.3 Å². The van der Waals surface area contributed by atoms with Crippen molar-refractivity contribution in [3.63, 3.8) is 0 Å². The van der Waals surface area contributed by atoms with E-state index in [-0.39, 0.29) is 16.9 Å². The molecule has 0 spiro atoms. The normalized spacial score (nSPS) is 19.6. The van der Waals surface area contributed by atoms with Crippen LogP contribution in [0.15, 0.2) is 35.5 Å². The van der Waals surface area contributed by atoms with Crippen molar-refractivity contribution in [3.8, 4) is 6.07 Å². The number of aryl methyl sites for hydroxylation is 1. The highest BCUT2D eigenvalue weighted by Crippen LogP contribution is 2.40. The molecule has 0 aliphatic carbocycles. The predicted octanol–water partition coefficient (Wildman–Crippen LogP) is 3.18. The summed E-state index contributed by atoms with van der Waals surface area (Å²) in [4.78, 5) is 20.1. The van der Waals surface area contributed by atoms with E-state index in [1.807, 2.05) is 6.07 Å². The van der Waals surface area contributed by atoms with E-state index >= 15 is 0 Å². The standard InChI is InChI=1S/C21H18F5N5O2/c1-11-4-12(6-27)7-29-16(11)17(32)30-13-2-3-15(24)14(5-13)21(18(25)26)10-33-20(8-22,9-23)19(28)31-21/h2-5,7,18H,8-10H2,1H3,(H2,28,31)(H,30,32)/t21-/m0/s1. The molecule has 0 fully saturated rings. The maximum Gasteiger partial charge on any atom is 0.274 e. The number of anilines is 1. The number of hydrogen-bond donors (Lipinski definition) is 2. The number of carbonyl (C=O) groups excluding carboxylic acids is 1. The molecule has 1 aromatic heterocycles. The number of alkyl halides is 4. The summed E-state index contributed by atoms with van der Waals surface area (Å²) in [6.45, 7) is -2.41. The Labute approximate surface area is 185 Å². The molecule has 0 saturated carbocycles. The number of pyridine rings is 1. The van der Waals surface area contributed by atoms with E-state index in [0.717, 1.165) is 18.2 Å². The number of nitriles is 1. The van der Waals surface area contributed by atoms with E-state index in [1.54, 1.807) is 6.92 Å². The third kappa shape index (κ3) is 4.23. The number of nitrogens with zero attached hydrogens (tertiary/aromatic N) is 3. The number of nitrogens with one attached hydrogen (secondary N) is 1. The summed E-state index contributed by atoms with van der Waals surface area (Å²) in [6, 6.07) is 6.17. The first kappa shape index (κ1) is 24.1. The van der Waals surface area contributed by atoms with Crippen molar-refractivity contribution < 1.29 is 31.5 Å². The van der Waals surface area contributed by atoms with Crippen LogP contribution in [0.4, 0.5) is 27.6 Å². The Hall–Kier alpha value is -3.59. The van der Waals surface area contributed by atoms with Gasteiger partial charge in [0.05, 0.1) is 12.2 Å². The predicted molar refractivity (Wildman–Crippen MR) is 108 cm³/mol. The molecular formula is C21H18F5N5O2. The molecule has 1 amide bonds. The number of benzene rings is 1. The summed E-state index contributed by atoms with van der Waals surface area (Å²) in [6.07, 6.45) is -2.18. The molecule has 174 valence electrons. The van der Waals surface area contributed by atoms with Gasteiger partial charge in [0.25, 0.3) is 12.3 Å². The Bertz CT molecular complexity index is 1150. The lowest BCUT2D eigenvalue weighted by Gasteiger charge is -2.40. The Morgan fingerprint density at radius 2 is 2.03 bits per heavy atom. The number of aliphatic imine (C=N–C) groups is 1. The molecule has 0 bridgehead atoms. The number of nitrogens with two attached hydrogens (primary N) is 1. The fourth-order valence-electron chi connectivity index (χ4n) is 3.29. The number of carbonyl (C=O) groups is 1. The molecule has 2 heterocycles. The first-order chi connectivity index (χ1) is 15.6. The summed E-state index contributed by atoms with van der Waals surface area (Å²) in [5.41, 5.74) is 0.358. The van der Waals surface area contributed by atoms with Gasteiger partial charge in [0, 0.05) is 17.4 Å². The van der Waals surface area contributed by atoms with Crippen LogP contribution in [0.3, 0.4) is 0 Å². The van der Waals surface area contributed by atoms with Crippen molar-refractivity contribution in [1.82, 2.24) is 4.98 Å². The maximum absolute atomic E-state index is 14.6. The lowest BCUT2D eigenvalue weighted by molar-refractivity contribution is -0.0946. The topological polar surface area (TPSA) is 113 Å². The van der Waals surface area contributed by atoms with Gasteiger partial charge in [-0.1, -0.05) is 0 Å². The Morgan fingerprint density at radius 1 is 1.33 bits per heavy atom. The highest BCUT2D eigenvalue weighted by Gasteiger charge is 2.53. The summed E-state index contributed by atoms with van der Waals surface area (Å²) in [5.74, 6) is -2.73. The molecule has 1 atom stereocenters. The van der Waals surface area contributed by atoms with Crippen LogP contribution in [0.25, 0.3) is 0 Å². The zero-order valence-electron chi connectivity index (χ0n) is 17.2. The summed E-state index contributed by atoms with van der Waals surface area (Å²) >= 11 is 0. The molecule has 2 aromatic rings. The number of aromatic nitrogens is 1. The van der Waals surface area contributed by atoms with Crippen molar-refractivity contribution in [2.75, 3.05) is 25.3 Å². The maximum atomic E-state index is 14.6. The molecule has 3 rings (SSSR count). The summed E-state index contributed by atoms with van der Waals surface area (Å²) in [7, 11) is 0. The minimum absolute atomic E-state index is 0.0395. The molecular weight excluding hydrogens is 449 g/mol. The van der Waals surface area contributed by atoms with Gasteiger partial charge >= 0.3 is 0 Å². The van der Waals surface area contributed by atoms with Crippen molar-refractivity contribution in [1.29, 1.82) is 5.26 Å². The van der Waals surface area contributed by atoms with Crippen molar-refractivity contribution in [2.45, 2.75) is 24.5 Å². The van der Waals surface area contributed by atoms with Gasteiger partial charge in [-0.05, 0) is 36.8 Å². The van der Waals surface area contributed by atoms with Crippen molar-refractivity contribution in [3.05, 3.63) is 58.7 Å². The average molecular weight is 467 g/mol. The molecule has 33 heavy (non-hydrogen) atoms. The third-order valence-corrected chi connectivity index (χ3v) is 5.26. The average Bonchev–Trinajstić information content (AvgIpc) is 2.80. The highest BCUT2D eigenvalue weighted by molar-refractivity contribution is 6.04. The second-order valence-corrected chi connectivity index (χ2v) is 7.42. The quantitative estimate of drug-likeness (QED) is 0.634. The smallest absolute Gasteiger partial charge is 0.274 e. The molecule has 7 nitrogen and oxygen atoms in total. The Morgan fingerprint density at radius 3 is 2.58 bits per heavy atom. The molecule has 1 aliphatic heterocycles. The second kappa shape index (κ2) is 9.11. The minimum Gasteiger partial charge on any atom is -0.385 e. The van der Waals surface area contributed by atoms with Gasteiger partial charge in [0.15, 0.2) is 11.1 Å². The van der Waals surface area contributed by atoms with Gasteiger partial charge < -0.3 is 15.8 Å². The Balaban J connectivity index is 2.01. The summed E-state index contributed by atoms with van der Waals surface area (Å²) in [5, 5.41) is 11.3. The van der Waals surface area contributed by atoms with Gasteiger partial charge in [-0.25, -0.2) is 31.9 Å². The van der Waals surface area contributed by atoms with E-state index in [4.69, 9.17) is 15.7 Å². The molecule has 1 aliphatic rings. The molecule has 0 radical (unpaired) electrons. The van der Waals surface area contributed by atoms with Crippen LogP contribution in [0, 0.1) is 24.1 Å². The zero-order chi connectivity index (χ0) is 24.4. The van der Waals surface area contributed by atoms with Crippen LogP contribution in [-0.4, -0.2) is 48.7 Å². The van der Waals surface area contributed by atoms with Crippen LogP contribution < -0.4 is 11.1 Å². The molecule has 1 aromatic carbocycles. The Kier molecular flexibility index (Phi) is 6.64. The number of amidine groups is 1. The van der Waals surface area contributed by atoms with Gasteiger partial charge in [-0.15, -0.1) is 0 Å². The molecule has 3 N–H and O–H groups in total. The third-order valence-electron chi connectivity index (χ3n) is 5.26. The van der Waals surface area contributed by atoms with Crippen molar-refractivity contribution in [2.24, 2.45) is 10.7 Å². The SMILES string of the molecule is Cc1cc(C#N)cnc1C(=O)Nc1ccc(F)c([C@]2(C(F)F)COC(CF)(CF)C(N)=N2)c1. The lowest BCUT2D eigenvalue weighted by Crippen LogP contribution is -2.59. The second-order valence-electron chi connectivity index (χ2n) is 7.42. The fraction of sp³-hybridized carbons (Fsp3) is 0.333. The van der Waals surface area contributed by atoms with Gasteiger partial charge in [0.2, 0.25) is 0 Å². The van der Waals surface area contributed by atoms with E-state index in [9.17, 15) is 26.7 Å². The first-order valence-electron chi connectivity index (χ1n) is 9.50. The van der Waals surface area contributed by atoms with E-state index in [1.165, 1.54) is 12.3 Å². The molecule has 0 unspecified atom stereocenters. The van der Waals surface area contributed by atoms with E-state index in [2.05, 4.69) is 15.3 Å². The van der Waals surface area contributed by atoms with Crippen LogP contribution >= 0.6 is 0 Å². The number of halogens is 5. The van der Waals surface area contributed by atoms with Gasteiger partial charge in [0.1, 0.15) is 36.8 Å². The van der Waals surface area contributed by atoms with Crippen LogP contribution in [0.1, 0.15) is 27.2 Å². The monoisotopic (exact) mass is 467 g/mol. The number of ether oxygens (including phenoxy) is 1. The molecule has 0 saturated heterocycles.